The number of hydrogen-bond donors (Lipinski definition) is 5. The van der Waals surface area contributed by atoms with E-state index in [4.69, 9.17) is 16.5 Å². The van der Waals surface area contributed by atoms with Crippen LogP contribution in [0.4, 0.5) is 8.78 Å². The summed E-state index contributed by atoms with van der Waals surface area (Å²) in [6.07, 6.45) is 9.43. The standard InChI is InChI=1S/C54H66F2N8O3/c1-8-30-12-17-40(59-47(30)43-25-53(19-20-53)26-63(43)51(66)45(58)28(4)5)33-11-16-37-36-15-10-31(22-38(36)54(55,56)39(37)23-33)32-13-18-41-42(24-32)61-49(60-41)48-34-9-14-35(21-34)64(48)52(67)46(29(6)7)62-50(65)44(57)27(2)3/h10-11,13,15-18,22-24,27-29,34-35,43-46,48,59H,8-9,12,14,19-21,25-26,57-58H2,1-7H3,(H,60,61)(H,62,65). The molecule has 10 rings (SSSR count). The average molecular weight is 913 g/mol. The molecule has 2 saturated heterocycles. The lowest BCUT2D eigenvalue weighted by atomic mass is 9.92. The molecule has 3 aromatic carbocycles. The molecule has 4 aromatic rings. The summed E-state index contributed by atoms with van der Waals surface area (Å²) in [5, 5.41) is 6.66. The molecular weight excluding hydrogens is 847 g/mol. The van der Waals surface area contributed by atoms with Crippen LogP contribution in [0.5, 0.6) is 0 Å². The molecule has 7 N–H and O–H groups in total. The van der Waals surface area contributed by atoms with Crippen LogP contribution in [-0.4, -0.2) is 74.2 Å². The normalized spacial score (nSPS) is 24.7. The lowest BCUT2D eigenvalue weighted by molar-refractivity contribution is -0.142. The number of nitrogens with one attached hydrogen (secondary N) is 3. The highest BCUT2D eigenvalue weighted by molar-refractivity contribution is 5.91. The Kier molecular flexibility index (Phi) is 11.3. The van der Waals surface area contributed by atoms with Gasteiger partial charge in [-0.05, 0) is 138 Å². The van der Waals surface area contributed by atoms with Crippen molar-refractivity contribution < 1.29 is 23.2 Å². The van der Waals surface area contributed by atoms with Gasteiger partial charge in [0.05, 0.1) is 35.2 Å². The first kappa shape index (κ1) is 45.4. The summed E-state index contributed by atoms with van der Waals surface area (Å²) in [6.45, 7) is 14.4. The van der Waals surface area contributed by atoms with Crippen molar-refractivity contribution in [3.8, 4) is 22.3 Å². The Morgan fingerprint density at radius 2 is 1.51 bits per heavy atom. The number of piperidine rings is 1. The molecule has 13 heteroatoms. The molecule has 6 aliphatic rings. The van der Waals surface area contributed by atoms with Crippen LogP contribution in [-0.2, 0) is 20.3 Å². The second-order valence-electron chi connectivity index (χ2n) is 21.6. The first-order chi connectivity index (χ1) is 31.9. The molecule has 2 bridgehead atoms. The van der Waals surface area contributed by atoms with Gasteiger partial charge in [-0.15, -0.1) is 0 Å². The summed E-state index contributed by atoms with van der Waals surface area (Å²) in [5.74, 6) is -2.98. The average Bonchev–Trinajstić information content (AvgIpc) is 3.77. The molecule has 1 aromatic heterocycles. The van der Waals surface area contributed by atoms with Crippen molar-refractivity contribution in [1.82, 2.24) is 30.4 Å². The van der Waals surface area contributed by atoms with Crippen molar-refractivity contribution in [2.45, 2.75) is 142 Å². The summed E-state index contributed by atoms with van der Waals surface area (Å²) in [6, 6.07) is 14.1. The molecule has 11 nitrogen and oxygen atoms in total. The molecule has 3 aliphatic carbocycles. The van der Waals surface area contributed by atoms with Crippen molar-refractivity contribution in [3.05, 3.63) is 94.5 Å². The topological polar surface area (TPSA) is 162 Å². The number of carbonyl (C=O) groups is 3. The zero-order chi connectivity index (χ0) is 47.4. The smallest absolute Gasteiger partial charge is 0.299 e. The number of alkyl halides is 2. The largest absolute Gasteiger partial charge is 0.357 e. The van der Waals surface area contributed by atoms with Gasteiger partial charge in [0.2, 0.25) is 17.7 Å². The summed E-state index contributed by atoms with van der Waals surface area (Å²) in [5.41, 5.74) is 20.4. The molecule has 4 heterocycles. The second kappa shape index (κ2) is 16.7. The molecule has 0 radical (unpaired) electrons. The first-order valence-electron chi connectivity index (χ1n) is 24.7. The van der Waals surface area contributed by atoms with E-state index in [0.717, 1.165) is 72.9 Å². The van der Waals surface area contributed by atoms with E-state index in [9.17, 15) is 14.4 Å². The van der Waals surface area contributed by atoms with Crippen LogP contribution in [0.25, 0.3) is 39.0 Å². The first-order valence-corrected chi connectivity index (χ1v) is 24.7. The number of hydrogen-bond acceptors (Lipinski definition) is 7. The van der Waals surface area contributed by atoms with Crippen molar-refractivity contribution >= 4 is 34.5 Å². The van der Waals surface area contributed by atoms with Crippen LogP contribution < -0.4 is 22.1 Å². The maximum absolute atomic E-state index is 16.9. The number of amides is 3. The zero-order valence-electron chi connectivity index (χ0n) is 39.9. The lowest BCUT2D eigenvalue weighted by Gasteiger charge is -2.38. The van der Waals surface area contributed by atoms with E-state index in [0.29, 0.717) is 41.0 Å². The van der Waals surface area contributed by atoms with Crippen LogP contribution in [0, 0.1) is 29.1 Å². The maximum atomic E-state index is 16.9. The Labute approximate surface area is 392 Å². The van der Waals surface area contributed by atoms with E-state index in [1.54, 1.807) is 18.2 Å². The van der Waals surface area contributed by atoms with Crippen LogP contribution in [0.2, 0.25) is 0 Å². The minimum absolute atomic E-state index is 0.0173. The predicted octanol–water partition coefficient (Wildman–Crippen LogP) is 8.89. The van der Waals surface area contributed by atoms with Gasteiger partial charge in [0.15, 0.2) is 0 Å². The van der Waals surface area contributed by atoms with Crippen molar-refractivity contribution in [3.63, 3.8) is 0 Å². The highest BCUT2D eigenvalue weighted by Gasteiger charge is 2.56. The Balaban J connectivity index is 0.894. The number of aromatic nitrogens is 2. The number of nitrogens with two attached hydrogens (primary N) is 2. The monoisotopic (exact) mass is 913 g/mol. The Morgan fingerprint density at radius 3 is 2.16 bits per heavy atom. The number of aromatic amines is 1. The van der Waals surface area contributed by atoms with Crippen LogP contribution in [0.1, 0.15) is 128 Å². The molecule has 3 aliphatic heterocycles. The van der Waals surface area contributed by atoms with Gasteiger partial charge in [-0.2, -0.15) is 8.78 Å². The number of halogens is 2. The van der Waals surface area contributed by atoms with Crippen molar-refractivity contribution in [2.24, 2.45) is 40.6 Å². The summed E-state index contributed by atoms with van der Waals surface area (Å²) >= 11 is 0. The molecule has 354 valence electrons. The minimum atomic E-state index is -3.24. The zero-order valence-corrected chi connectivity index (χ0v) is 39.9. The number of carbonyl (C=O) groups excluding carboxylic acids is 3. The van der Waals surface area contributed by atoms with E-state index < -0.39 is 24.0 Å². The van der Waals surface area contributed by atoms with Crippen LogP contribution in [0.3, 0.4) is 0 Å². The number of rotatable bonds is 12. The number of allylic oxidation sites excluding steroid dienone is 2. The molecule has 2 saturated carbocycles. The van der Waals surface area contributed by atoms with Gasteiger partial charge >= 0.3 is 0 Å². The van der Waals surface area contributed by atoms with Crippen LogP contribution >= 0.6 is 0 Å². The van der Waals surface area contributed by atoms with Gasteiger partial charge in [0, 0.05) is 35.1 Å². The van der Waals surface area contributed by atoms with E-state index >= 15 is 8.78 Å². The van der Waals surface area contributed by atoms with Crippen molar-refractivity contribution in [2.75, 3.05) is 6.54 Å². The highest BCUT2D eigenvalue weighted by atomic mass is 19.3. The third-order valence-corrected chi connectivity index (χ3v) is 16.2. The quantitative estimate of drug-likeness (QED) is 0.0949. The third kappa shape index (κ3) is 7.68. The molecular formula is C54H66F2N8O3. The second-order valence-corrected chi connectivity index (χ2v) is 21.6. The van der Waals surface area contributed by atoms with Gasteiger partial charge in [-0.1, -0.05) is 84.9 Å². The lowest BCUT2D eigenvalue weighted by Crippen LogP contribution is -2.57. The number of dihydropyridines is 1. The van der Waals surface area contributed by atoms with Gasteiger partial charge < -0.3 is 36.9 Å². The van der Waals surface area contributed by atoms with E-state index in [2.05, 4.69) is 28.6 Å². The molecule has 7 unspecified atom stereocenters. The van der Waals surface area contributed by atoms with Gasteiger partial charge in [0.1, 0.15) is 11.9 Å². The molecule has 1 spiro atoms. The Hall–Kier alpha value is -5.40. The molecule has 3 amide bonds. The highest BCUT2D eigenvalue weighted by Crippen LogP contribution is 2.57. The van der Waals surface area contributed by atoms with Crippen LogP contribution in [0.15, 0.2) is 71.9 Å². The number of fused-ring (bicyclic) bond motifs is 6. The summed E-state index contributed by atoms with van der Waals surface area (Å²) in [7, 11) is 0. The third-order valence-electron chi connectivity index (χ3n) is 16.2. The number of imidazole rings is 1. The van der Waals surface area contributed by atoms with Gasteiger partial charge in [-0.3, -0.25) is 14.4 Å². The van der Waals surface area contributed by atoms with E-state index in [-0.39, 0.29) is 76.1 Å². The minimum Gasteiger partial charge on any atom is -0.357 e. The number of nitrogens with zero attached hydrogens (tertiary/aromatic N) is 3. The van der Waals surface area contributed by atoms with Gasteiger partial charge in [0.25, 0.3) is 5.92 Å². The fourth-order valence-electron chi connectivity index (χ4n) is 11.8. The molecule has 67 heavy (non-hydrogen) atoms. The Bertz CT molecular complexity index is 2730. The maximum Gasteiger partial charge on any atom is 0.299 e. The number of likely N-dealkylation sites (tertiary alicyclic amines) is 2. The predicted molar refractivity (Wildman–Crippen MR) is 258 cm³/mol. The van der Waals surface area contributed by atoms with Crippen molar-refractivity contribution in [1.29, 1.82) is 0 Å². The fourth-order valence-corrected chi connectivity index (χ4v) is 11.8. The summed E-state index contributed by atoms with van der Waals surface area (Å²) < 4.78 is 33.7. The SMILES string of the molecule is CCC1=C(C2CC3(CC3)CN2C(=O)C(N)C(C)C)NC(c2ccc3c(c2)C(F)(F)c2cc(-c4ccc5nc(C6C7CCC(C7)N6C(=O)C(NC(=O)C(N)C(C)C)C(C)C)[nH]c5c4)ccc2-3)=CC1. The van der Waals surface area contributed by atoms with E-state index in [1.165, 1.54) is 5.57 Å². The molecule has 4 fully saturated rings. The number of H-pyrrole nitrogens is 1. The van der Waals surface area contributed by atoms with Gasteiger partial charge in [-0.25, -0.2) is 4.98 Å². The Morgan fingerprint density at radius 1 is 0.851 bits per heavy atom. The summed E-state index contributed by atoms with van der Waals surface area (Å²) in [4.78, 5) is 53.7. The fraction of sp³-hybridized carbons (Fsp3) is 0.519. The van der Waals surface area contributed by atoms with E-state index in [1.807, 2.05) is 87.7 Å². The molecule has 7 atom stereocenters. The number of benzene rings is 3.